The Bertz CT molecular complexity index is 180. The van der Waals surface area contributed by atoms with Gasteiger partial charge in [-0.25, -0.2) is 0 Å². The third kappa shape index (κ3) is 2.19. The molecule has 2 fully saturated rings. The number of morpholine rings is 1. The second-order valence-electron chi connectivity index (χ2n) is 3.71. The Balaban J connectivity index is 1.82. The van der Waals surface area contributed by atoms with Gasteiger partial charge in [0.05, 0.1) is 6.10 Å². The van der Waals surface area contributed by atoms with E-state index in [2.05, 4.69) is 10.6 Å². The molecule has 74 valence electrons. The average Bonchev–Trinajstić information content (AvgIpc) is 2.20. The van der Waals surface area contributed by atoms with Crippen molar-refractivity contribution in [3.8, 4) is 0 Å². The molecule has 0 aromatic rings. The summed E-state index contributed by atoms with van der Waals surface area (Å²) >= 11 is 0. The molecule has 4 heteroatoms. The van der Waals surface area contributed by atoms with Crippen molar-refractivity contribution in [3.05, 3.63) is 0 Å². The Morgan fingerprint density at radius 1 is 1.38 bits per heavy atom. The third-order valence-electron chi connectivity index (χ3n) is 2.73. The maximum Gasteiger partial charge on any atom is 0.246 e. The van der Waals surface area contributed by atoms with Crippen LogP contribution in [0, 0.1) is 0 Å². The van der Waals surface area contributed by atoms with Crippen LogP contribution >= 0.6 is 0 Å². The summed E-state index contributed by atoms with van der Waals surface area (Å²) in [5.41, 5.74) is 0. The molecule has 0 bridgehead atoms. The smallest absolute Gasteiger partial charge is 0.246 e. The van der Waals surface area contributed by atoms with Gasteiger partial charge in [0.15, 0.2) is 0 Å². The van der Waals surface area contributed by atoms with Crippen molar-refractivity contribution in [3.63, 3.8) is 0 Å². The van der Waals surface area contributed by atoms with Crippen LogP contribution in [0.15, 0.2) is 0 Å². The van der Waals surface area contributed by atoms with Gasteiger partial charge >= 0.3 is 0 Å². The molecule has 0 saturated carbocycles. The number of hydrogen-bond acceptors (Lipinski definition) is 3. The number of amides is 1. The van der Waals surface area contributed by atoms with Crippen molar-refractivity contribution in [2.24, 2.45) is 0 Å². The molecular weight excluding hydrogens is 168 g/mol. The minimum Gasteiger partial charge on any atom is -0.365 e. The summed E-state index contributed by atoms with van der Waals surface area (Å²) in [4.78, 5) is 10.8. The lowest BCUT2D eigenvalue weighted by atomic mass is 9.99. The highest BCUT2D eigenvalue weighted by Gasteiger charge is 2.27. The molecule has 2 N–H and O–H groups in total. The van der Waals surface area contributed by atoms with Crippen LogP contribution in [-0.4, -0.2) is 37.7 Å². The number of carbonyl (C=O) groups is 1. The van der Waals surface area contributed by atoms with E-state index in [0.717, 1.165) is 6.54 Å². The second kappa shape index (κ2) is 4.07. The molecule has 2 saturated heterocycles. The molecule has 13 heavy (non-hydrogen) atoms. The maximum absolute atomic E-state index is 10.8. The average molecular weight is 184 g/mol. The summed E-state index contributed by atoms with van der Waals surface area (Å²) in [7, 11) is 0. The highest BCUT2D eigenvalue weighted by molar-refractivity contribution is 5.77. The number of hydrogen-bond donors (Lipinski definition) is 2. The van der Waals surface area contributed by atoms with Crippen LogP contribution in [0.5, 0.6) is 0 Å². The lowest BCUT2D eigenvalue weighted by Gasteiger charge is -2.33. The number of carbonyl (C=O) groups excluding carboxylic acids is 1. The van der Waals surface area contributed by atoms with E-state index in [1.165, 1.54) is 19.3 Å². The molecule has 2 aliphatic rings. The van der Waals surface area contributed by atoms with E-state index in [9.17, 15) is 4.79 Å². The summed E-state index contributed by atoms with van der Waals surface area (Å²) in [6.45, 7) is 1.97. The fraction of sp³-hybridized carbons (Fsp3) is 0.889. The van der Waals surface area contributed by atoms with Crippen molar-refractivity contribution in [2.45, 2.75) is 31.4 Å². The molecule has 2 unspecified atom stereocenters. The first-order valence-corrected chi connectivity index (χ1v) is 4.98. The topological polar surface area (TPSA) is 50.4 Å². The lowest BCUT2D eigenvalue weighted by molar-refractivity contribution is -0.134. The summed E-state index contributed by atoms with van der Waals surface area (Å²) < 4.78 is 5.46. The summed E-state index contributed by atoms with van der Waals surface area (Å²) in [6, 6.07) is 0.439. The maximum atomic E-state index is 10.8. The van der Waals surface area contributed by atoms with Gasteiger partial charge in [-0.1, -0.05) is 6.42 Å². The van der Waals surface area contributed by atoms with Gasteiger partial charge in [-0.05, 0) is 19.4 Å². The molecule has 2 atom stereocenters. The molecule has 2 heterocycles. The first-order valence-electron chi connectivity index (χ1n) is 4.98. The van der Waals surface area contributed by atoms with Crippen molar-refractivity contribution in [2.75, 3.05) is 19.7 Å². The van der Waals surface area contributed by atoms with Crippen LogP contribution in [0.3, 0.4) is 0 Å². The van der Waals surface area contributed by atoms with E-state index in [1.807, 2.05) is 0 Å². The van der Waals surface area contributed by atoms with Gasteiger partial charge in [0, 0.05) is 12.6 Å². The highest BCUT2D eigenvalue weighted by atomic mass is 16.5. The van der Waals surface area contributed by atoms with Crippen molar-refractivity contribution >= 4 is 5.91 Å². The summed E-state index contributed by atoms with van der Waals surface area (Å²) in [5, 5.41) is 6.25. The number of rotatable bonds is 1. The predicted molar refractivity (Wildman–Crippen MR) is 48.4 cm³/mol. The first kappa shape index (κ1) is 8.97. The van der Waals surface area contributed by atoms with Gasteiger partial charge in [-0.3, -0.25) is 4.79 Å². The van der Waals surface area contributed by atoms with Gasteiger partial charge in [0.2, 0.25) is 5.91 Å². The zero-order chi connectivity index (χ0) is 9.10. The first-order chi connectivity index (χ1) is 6.36. The Kier molecular flexibility index (Phi) is 2.80. The number of nitrogens with one attached hydrogen (secondary N) is 2. The normalized spacial score (nSPS) is 35.5. The molecule has 0 aromatic carbocycles. The number of ether oxygens (including phenoxy) is 1. The fourth-order valence-corrected chi connectivity index (χ4v) is 1.96. The van der Waals surface area contributed by atoms with Gasteiger partial charge in [0.1, 0.15) is 6.61 Å². The van der Waals surface area contributed by atoms with Gasteiger partial charge < -0.3 is 15.4 Å². The lowest BCUT2D eigenvalue weighted by Crippen LogP contribution is -2.53. The molecule has 0 aromatic heterocycles. The summed E-state index contributed by atoms with van der Waals surface area (Å²) in [5.74, 6) is 0.00654. The van der Waals surface area contributed by atoms with E-state index in [0.29, 0.717) is 12.6 Å². The van der Waals surface area contributed by atoms with Crippen LogP contribution in [0.4, 0.5) is 0 Å². The zero-order valence-corrected chi connectivity index (χ0v) is 7.71. The Hall–Kier alpha value is -0.610. The van der Waals surface area contributed by atoms with Crippen LogP contribution in [0.1, 0.15) is 19.3 Å². The number of piperidine rings is 1. The van der Waals surface area contributed by atoms with Crippen molar-refractivity contribution < 1.29 is 9.53 Å². The van der Waals surface area contributed by atoms with E-state index in [4.69, 9.17) is 4.74 Å². The monoisotopic (exact) mass is 184 g/mol. The zero-order valence-electron chi connectivity index (χ0n) is 7.71. The molecular formula is C9H16N2O2. The third-order valence-corrected chi connectivity index (χ3v) is 2.73. The minimum atomic E-state index is 0.00654. The van der Waals surface area contributed by atoms with E-state index in [-0.39, 0.29) is 18.6 Å². The van der Waals surface area contributed by atoms with Crippen molar-refractivity contribution in [1.82, 2.24) is 10.6 Å². The van der Waals surface area contributed by atoms with E-state index in [1.54, 1.807) is 0 Å². The van der Waals surface area contributed by atoms with Crippen molar-refractivity contribution in [1.29, 1.82) is 0 Å². The fourth-order valence-electron chi connectivity index (χ4n) is 1.96. The standard InChI is InChI=1S/C9H16N2O2/c12-9-6-13-8(5-11-9)7-3-1-2-4-10-7/h7-8,10H,1-6H2,(H,11,12). The van der Waals surface area contributed by atoms with Crippen LogP contribution in [-0.2, 0) is 9.53 Å². The largest absolute Gasteiger partial charge is 0.365 e. The van der Waals surface area contributed by atoms with Gasteiger partial charge in [-0.2, -0.15) is 0 Å². The molecule has 0 radical (unpaired) electrons. The molecule has 0 spiro atoms. The van der Waals surface area contributed by atoms with Gasteiger partial charge in [-0.15, -0.1) is 0 Å². The van der Waals surface area contributed by atoms with Crippen LogP contribution in [0.25, 0.3) is 0 Å². The molecule has 4 nitrogen and oxygen atoms in total. The Labute approximate surface area is 78.0 Å². The molecule has 0 aliphatic carbocycles. The molecule has 2 rings (SSSR count). The quantitative estimate of drug-likeness (QED) is 0.585. The van der Waals surface area contributed by atoms with Gasteiger partial charge in [0.25, 0.3) is 0 Å². The SMILES string of the molecule is O=C1COC(C2CCCCN2)CN1. The minimum absolute atomic E-state index is 0.00654. The molecule has 1 amide bonds. The Morgan fingerprint density at radius 3 is 2.92 bits per heavy atom. The second-order valence-corrected chi connectivity index (χ2v) is 3.71. The van der Waals surface area contributed by atoms with E-state index >= 15 is 0 Å². The Morgan fingerprint density at radius 2 is 2.31 bits per heavy atom. The predicted octanol–water partition coefficient (Wildman–Crippen LogP) is -0.356. The molecule has 2 aliphatic heterocycles. The highest BCUT2D eigenvalue weighted by Crippen LogP contribution is 2.13. The van der Waals surface area contributed by atoms with Crippen LogP contribution < -0.4 is 10.6 Å². The van der Waals surface area contributed by atoms with E-state index < -0.39 is 0 Å². The summed E-state index contributed by atoms with van der Waals surface area (Å²) in [6.07, 6.45) is 3.87. The van der Waals surface area contributed by atoms with Crippen LogP contribution in [0.2, 0.25) is 0 Å².